The van der Waals surface area contributed by atoms with Gasteiger partial charge in [-0.15, -0.1) is 0 Å². The third kappa shape index (κ3) is 4.28. The van der Waals surface area contributed by atoms with E-state index < -0.39 is 11.2 Å². The van der Waals surface area contributed by atoms with Crippen molar-refractivity contribution in [2.75, 3.05) is 14.2 Å². The Morgan fingerprint density at radius 1 is 0.688 bits per heavy atom. The van der Waals surface area contributed by atoms with Crippen molar-refractivity contribution in [3.05, 3.63) is 58.7 Å². The maximum atomic E-state index is 14.0. The lowest BCUT2D eigenvalue weighted by Crippen LogP contribution is -2.32. The van der Waals surface area contributed by atoms with E-state index in [9.17, 15) is 15.0 Å². The summed E-state index contributed by atoms with van der Waals surface area (Å²) in [5, 5.41) is 23.0. The van der Waals surface area contributed by atoms with E-state index in [0.29, 0.717) is 59.4 Å². The molecule has 2 aromatic rings. The molecule has 0 radical (unpaired) electrons. The van der Waals surface area contributed by atoms with Crippen LogP contribution >= 0.6 is 0 Å². The molecule has 0 aromatic heterocycles. The van der Waals surface area contributed by atoms with Crippen molar-refractivity contribution in [1.29, 1.82) is 0 Å². The number of ketones is 1. The molecule has 2 aliphatic carbocycles. The highest BCUT2D eigenvalue weighted by Gasteiger charge is 2.38. The van der Waals surface area contributed by atoms with Crippen LogP contribution in [0, 0.1) is 0 Å². The van der Waals surface area contributed by atoms with Crippen LogP contribution in [0.1, 0.15) is 91.3 Å². The number of aliphatic hydroxyl groups is 2. The zero-order valence-corrected chi connectivity index (χ0v) is 19.2. The molecule has 172 valence electrons. The SMILES string of the molecule is COc1ccc(C(=O)c2ccc(OC)cc2C2(O)CCCCC2)c(C2(O)CCCCC2)c1. The Kier molecular flexibility index (Phi) is 6.59. The fourth-order valence-corrected chi connectivity index (χ4v) is 5.42. The molecule has 32 heavy (non-hydrogen) atoms. The van der Waals surface area contributed by atoms with Gasteiger partial charge >= 0.3 is 0 Å². The third-order valence-electron chi connectivity index (χ3n) is 7.31. The van der Waals surface area contributed by atoms with Gasteiger partial charge in [0.05, 0.1) is 25.4 Å². The molecular weight excluding hydrogens is 404 g/mol. The first kappa shape index (κ1) is 22.8. The maximum absolute atomic E-state index is 14.0. The summed E-state index contributed by atoms with van der Waals surface area (Å²) in [6.07, 6.45) is 8.38. The molecule has 0 amide bonds. The molecule has 2 aromatic carbocycles. The quantitative estimate of drug-likeness (QED) is 0.604. The van der Waals surface area contributed by atoms with Gasteiger partial charge < -0.3 is 19.7 Å². The van der Waals surface area contributed by atoms with Gasteiger partial charge in [0.25, 0.3) is 0 Å². The summed E-state index contributed by atoms with van der Waals surface area (Å²) in [6.45, 7) is 0. The third-order valence-corrected chi connectivity index (χ3v) is 7.31. The van der Waals surface area contributed by atoms with E-state index in [2.05, 4.69) is 0 Å². The van der Waals surface area contributed by atoms with Gasteiger partial charge in [0.15, 0.2) is 5.78 Å². The molecule has 0 aliphatic heterocycles. The molecule has 0 bridgehead atoms. The monoisotopic (exact) mass is 438 g/mol. The van der Waals surface area contributed by atoms with Gasteiger partial charge in [-0.25, -0.2) is 0 Å². The first-order valence-corrected chi connectivity index (χ1v) is 11.8. The lowest BCUT2D eigenvalue weighted by molar-refractivity contribution is -0.00206. The Morgan fingerprint density at radius 2 is 1.06 bits per heavy atom. The Bertz CT molecular complexity index is 891. The maximum Gasteiger partial charge on any atom is 0.193 e. The van der Waals surface area contributed by atoms with Crippen molar-refractivity contribution in [3.63, 3.8) is 0 Å². The highest BCUT2D eigenvalue weighted by atomic mass is 16.5. The van der Waals surface area contributed by atoms with Crippen molar-refractivity contribution in [2.45, 2.75) is 75.4 Å². The van der Waals surface area contributed by atoms with Crippen LogP contribution in [0.25, 0.3) is 0 Å². The van der Waals surface area contributed by atoms with Crippen LogP contribution in [0.3, 0.4) is 0 Å². The molecule has 5 nitrogen and oxygen atoms in total. The Hall–Kier alpha value is -2.37. The molecule has 0 unspecified atom stereocenters. The Labute approximate surface area is 190 Å². The predicted molar refractivity (Wildman–Crippen MR) is 123 cm³/mol. The van der Waals surface area contributed by atoms with E-state index in [0.717, 1.165) is 38.5 Å². The van der Waals surface area contributed by atoms with Crippen LogP contribution in [-0.4, -0.2) is 30.2 Å². The average Bonchev–Trinajstić information content (AvgIpc) is 2.83. The van der Waals surface area contributed by atoms with Crippen molar-refractivity contribution >= 4 is 5.78 Å². The molecule has 0 saturated heterocycles. The number of hydrogen-bond acceptors (Lipinski definition) is 5. The van der Waals surface area contributed by atoms with Gasteiger partial charge in [-0.2, -0.15) is 0 Å². The topological polar surface area (TPSA) is 76.0 Å². The van der Waals surface area contributed by atoms with Gasteiger partial charge in [-0.3, -0.25) is 4.79 Å². The average molecular weight is 439 g/mol. The standard InChI is InChI=1S/C27H34O5/c1-31-19-9-11-21(23(17-19)26(29)13-5-3-6-14-26)25(28)22-12-10-20(32-2)18-24(22)27(30)15-7-4-8-16-27/h9-12,17-18,29-30H,3-8,13-16H2,1-2H3. The highest BCUT2D eigenvalue weighted by molar-refractivity contribution is 6.11. The molecule has 4 rings (SSSR count). The molecule has 2 N–H and O–H groups in total. The minimum atomic E-state index is -1.05. The highest BCUT2D eigenvalue weighted by Crippen LogP contribution is 2.43. The molecule has 2 aliphatic rings. The normalized spacial score (nSPS) is 19.9. The number of methoxy groups -OCH3 is 2. The summed E-state index contributed by atoms with van der Waals surface area (Å²) in [4.78, 5) is 14.0. The Morgan fingerprint density at radius 3 is 1.41 bits per heavy atom. The molecule has 0 heterocycles. The number of carbonyl (C=O) groups is 1. The number of ether oxygens (including phenoxy) is 2. The second kappa shape index (κ2) is 9.24. The number of rotatable bonds is 6. The Balaban J connectivity index is 1.83. The van der Waals surface area contributed by atoms with Crippen molar-refractivity contribution in [2.24, 2.45) is 0 Å². The van der Waals surface area contributed by atoms with Gasteiger partial charge in [0.2, 0.25) is 0 Å². The van der Waals surface area contributed by atoms with E-state index in [1.807, 2.05) is 0 Å². The van der Waals surface area contributed by atoms with Gasteiger partial charge in [-0.1, -0.05) is 38.5 Å². The summed E-state index contributed by atoms with van der Waals surface area (Å²) < 4.78 is 10.8. The molecule has 2 saturated carbocycles. The van der Waals surface area contributed by atoms with Crippen LogP contribution in [-0.2, 0) is 11.2 Å². The molecule has 0 atom stereocenters. The fraction of sp³-hybridized carbons (Fsp3) is 0.519. The van der Waals surface area contributed by atoms with E-state index >= 15 is 0 Å². The van der Waals surface area contributed by atoms with Crippen LogP contribution in [0.15, 0.2) is 36.4 Å². The van der Waals surface area contributed by atoms with Gasteiger partial charge in [0, 0.05) is 11.1 Å². The van der Waals surface area contributed by atoms with Gasteiger partial charge in [-0.05, 0) is 73.2 Å². The van der Waals surface area contributed by atoms with Gasteiger partial charge in [0.1, 0.15) is 11.5 Å². The second-order valence-electron chi connectivity index (χ2n) is 9.34. The summed E-state index contributed by atoms with van der Waals surface area (Å²) in [5.41, 5.74) is 0.0955. The van der Waals surface area contributed by atoms with Crippen molar-refractivity contribution in [1.82, 2.24) is 0 Å². The smallest absolute Gasteiger partial charge is 0.193 e. The number of benzene rings is 2. The second-order valence-corrected chi connectivity index (χ2v) is 9.34. The zero-order chi connectivity index (χ0) is 22.8. The molecule has 0 spiro atoms. The first-order chi connectivity index (χ1) is 15.4. The number of carbonyl (C=O) groups excluding carboxylic acids is 1. The zero-order valence-electron chi connectivity index (χ0n) is 19.2. The van der Waals surface area contributed by atoms with E-state index in [-0.39, 0.29) is 5.78 Å². The largest absolute Gasteiger partial charge is 0.497 e. The van der Waals surface area contributed by atoms with Crippen LogP contribution in [0.4, 0.5) is 0 Å². The van der Waals surface area contributed by atoms with E-state index in [1.165, 1.54) is 0 Å². The van der Waals surface area contributed by atoms with E-state index in [4.69, 9.17) is 9.47 Å². The summed E-state index contributed by atoms with van der Waals surface area (Å²) in [6, 6.07) is 10.6. The summed E-state index contributed by atoms with van der Waals surface area (Å²) >= 11 is 0. The molecule has 5 heteroatoms. The lowest BCUT2D eigenvalue weighted by atomic mass is 9.74. The van der Waals surface area contributed by atoms with Crippen molar-refractivity contribution < 1.29 is 24.5 Å². The fourth-order valence-electron chi connectivity index (χ4n) is 5.42. The number of hydrogen-bond donors (Lipinski definition) is 2. The van der Waals surface area contributed by atoms with Crippen LogP contribution in [0.2, 0.25) is 0 Å². The summed E-state index contributed by atoms with van der Waals surface area (Å²) in [7, 11) is 3.18. The van der Waals surface area contributed by atoms with Crippen LogP contribution < -0.4 is 9.47 Å². The predicted octanol–water partition coefficient (Wildman–Crippen LogP) is 5.24. The molecular formula is C27H34O5. The minimum Gasteiger partial charge on any atom is -0.497 e. The van der Waals surface area contributed by atoms with E-state index in [1.54, 1.807) is 50.6 Å². The lowest BCUT2D eigenvalue weighted by Gasteiger charge is -2.35. The first-order valence-electron chi connectivity index (χ1n) is 11.8. The summed E-state index contributed by atoms with van der Waals surface area (Å²) in [5.74, 6) is 1.06. The van der Waals surface area contributed by atoms with Crippen LogP contribution in [0.5, 0.6) is 11.5 Å². The minimum absolute atomic E-state index is 0.182. The van der Waals surface area contributed by atoms with Crippen molar-refractivity contribution in [3.8, 4) is 11.5 Å². The molecule has 2 fully saturated rings.